The normalized spacial score (nSPS) is 13.2. The fraction of sp³-hybridized carbons (Fsp3) is 0.286. The number of halogens is 1. The molecule has 1 aliphatic rings. The number of hydrogen-bond acceptors (Lipinski definition) is 6. The lowest BCUT2D eigenvalue weighted by molar-refractivity contribution is 0.0746. The van der Waals surface area contributed by atoms with Crippen LogP contribution in [0.5, 0.6) is 17.2 Å². The van der Waals surface area contributed by atoms with Crippen molar-refractivity contribution in [3.8, 4) is 17.2 Å². The van der Waals surface area contributed by atoms with Gasteiger partial charge in [0.1, 0.15) is 0 Å². The van der Waals surface area contributed by atoms with Crippen LogP contribution in [0.4, 0.5) is 11.4 Å². The largest absolute Gasteiger partial charge is 0.493 e. The molecule has 3 aromatic carbocycles. The van der Waals surface area contributed by atoms with Gasteiger partial charge in [-0.15, -0.1) is 0 Å². The molecule has 3 aromatic rings. The Kier molecular flexibility index (Phi) is 8.08. The first-order chi connectivity index (χ1) is 17.9. The lowest BCUT2D eigenvalue weighted by Crippen LogP contribution is -2.49. The number of anilines is 2. The quantitative estimate of drug-likeness (QED) is 0.475. The summed E-state index contributed by atoms with van der Waals surface area (Å²) in [5.74, 6) is 0.828. The number of nitrogens with one attached hydrogen (secondary N) is 1. The summed E-state index contributed by atoms with van der Waals surface area (Å²) in [5.41, 5.74) is 3.42. The predicted molar refractivity (Wildman–Crippen MR) is 145 cm³/mol. The monoisotopic (exact) mass is 523 g/mol. The molecule has 4 rings (SSSR count). The summed E-state index contributed by atoms with van der Waals surface area (Å²) in [6.07, 6.45) is 0. The molecule has 0 spiro atoms. The fourth-order valence-corrected chi connectivity index (χ4v) is 4.65. The Morgan fingerprint density at radius 2 is 1.46 bits per heavy atom. The zero-order valence-corrected chi connectivity index (χ0v) is 22.1. The molecule has 9 heteroatoms. The summed E-state index contributed by atoms with van der Waals surface area (Å²) in [6.45, 7) is 4.23. The summed E-state index contributed by atoms with van der Waals surface area (Å²) in [4.78, 5) is 30.1. The van der Waals surface area contributed by atoms with Crippen molar-refractivity contribution in [3.63, 3.8) is 0 Å². The van der Waals surface area contributed by atoms with Gasteiger partial charge in [0.2, 0.25) is 5.75 Å². The Hall–Kier alpha value is -3.91. The van der Waals surface area contributed by atoms with Crippen LogP contribution < -0.4 is 24.4 Å². The molecule has 0 radical (unpaired) electrons. The maximum absolute atomic E-state index is 13.2. The number of para-hydroxylation sites is 1. The first-order valence-electron chi connectivity index (χ1n) is 11.9. The van der Waals surface area contributed by atoms with Crippen molar-refractivity contribution >= 4 is 34.8 Å². The van der Waals surface area contributed by atoms with Crippen molar-refractivity contribution in [2.75, 3.05) is 57.7 Å². The molecule has 0 atom stereocenters. The van der Waals surface area contributed by atoms with Crippen LogP contribution in [-0.4, -0.2) is 64.2 Å². The highest BCUT2D eigenvalue weighted by atomic mass is 35.5. The number of ether oxygens (including phenoxy) is 3. The van der Waals surface area contributed by atoms with Crippen LogP contribution >= 0.6 is 11.6 Å². The summed E-state index contributed by atoms with van der Waals surface area (Å²) < 4.78 is 16.1. The average Bonchev–Trinajstić information content (AvgIpc) is 2.92. The summed E-state index contributed by atoms with van der Waals surface area (Å²) >= 11 is 6.61. The molecule has 194 valence electrons. The van der Waals surface area contributed by atoms with Crippen molar-refractivity contribution in [1.29, 1.82) is 0 Å². The van der Waals surface area contributed by atoms with Gasteiger partial charge in [-0.2, -0.15) is 0 Å². The highest BCUT2D eigenvalue weighted by molar-refractivity contribution is 6.34. The minimum Gasteiger partial charge on any atom is -0.493 e. The van der Waals surface area contributed by atoms with E-state index in [1.807, 2.05) is 36.1 Å². The molecule has 0 saturated carbocycles. The lowest BCUT2D eigenvalue weighted by atomic mass is 10.1. The van der Waals surface area contributed by atoms with Crippen LogP contribution in [-0.2, 0) is 0 Å². The van der Waals surface area contributed by atoms with Gasteiger partial charge >= 0.3 is 0 Å². The zero-order chi connectivity index (χ0) is 26.5. The van der Waals surface area contributed by atoms with E-state index in [2.05, 4.69) is 10.2 Å². The number of carbonyl (C=O) groups is 2. The average molecular weight is 524 g/mol. The number of nitrogens with zero attached hydrogens (tertiary/aromatic N) is 2. The molecule has 0 bridgehead atoms. The Labute approximate surface area is 221 Å². The van der Waals surface area contributed by atoms with Gasteiger partial charge in [-0.25, -0.2) is 0 Å². The maximum atomic E-state index is 13.2. The predicted octanol–water partition coefficient (Wildman–Crippen LogP) is 4.89. The highest BCUT2D eigenvalue weighted by Gasteiger charge is 2.26. The van der Waals surface area contributed by atoms with E-state index in [0.717, 1.165) is 5.56 Å². The van der Waals surface area contributed by atoms with Gasteiger partial charge < -0.3 is 29.3 Å². The molecule has 0 unspecified atom stereocenters. The van der Waals surface area contributed by atoms with E-state index in [9.17, 15) is 9.59 Å². The number of benzene rings is 3. The van der Waals surface area contributed by atoms with Crippen LogP contribution in [0.1, 0.15) is 26.3 Å². The lowest BCUT2D eigenvalue weighted by Gasteiger charge is -2.37. The number of rotatable bonds is 7. The SMILES string of the molecule is COc1cc(C(=O)Nc2cccc(Cl)c2N2CCN(C(=O)c3ccc(C)cc3)CC2)cc(OC)c1OC. The van der Waals surface area contributed by atoms with E-state index in [1.165, 1.54) is 21.3 Å². The van der Waals surface area contributed by atoms with Crippen LogP contribution in [0.3, 0.4) is 0 Å². The molecule has 1 N–H and O–H groups in total. The van der Waals surface area contributed by atoms with Gasteiger partial charge in [-0.05, 0) is 43.3 Å². The van der Waals surface area contributed by atoms with E-state index in [0.29, 0.717) is 71.0 Å². The molecular formula is C28H30ClN3O5. The minimum absolute atomic E-state index is 0.00901. The van der Waals surface area contributed by atoms with Crippen molar-refractivity contribution in [2.45, 2.75) is 6.92 Å². The van der Waals surface area contributed by atoms with Gasteiger partial charge in [0.15, 0.2) is 11.5 Å². The first-order valence-corrected chi connectivity index (χ1v) is 12.2. The molecule has 37 heavy (non-hydrogen) atoms. The van der Waals surface area contributed by atoms with Crippen LogP contribution in [0, 0.1) is 6.92 Å². The van der Waals surface area contributed by atoms with Crippen molar-refractivity contribution in [2.24, 2.45) is 0 Å². The molecule has 0 aromatic heterocycles. The van der Waals surface area contributed by atoms with Crippen LogP contribution in [0.2, 0.25) is 5.02 Å². The smallest absolute Gasteiger partial charge is 0.255 e. The minimum atomic E-state index is -0.351. The van der Waals surface area contributed by atoms with E-state index < -0.39 is 0 Å². The molecule has 1 fully saturated rings. The molecule has 1 heterocycles. The van der Waals surface area contributed by atoms with Crippen molar-refractivity contribution in [1.82, 2.24) is 4.90 Å². The third-order valence-electron chi connectivity index (χ3n) is 6.34. The number of carbonyl (C=O) groups excluding carboxylic acids is 2. The van der Waals surface area contributed by atoms with E-state index in [-0.39, 0.29) is 11.8 Å². The number of hydrogen-bond donors (Lipinski definition) is 1. The number of methoxy groups -OCH3 is 3. The molecule has 8 nitrogen and oxygen atoms in total. The van der Waals surface area contributed by atoms with Crippen molar-refractivity contribution < 1.29 is 23.8 Å². The maximum Gasteiger partial charge on any atom is 0.255 e. The second-order valence-corrected chi connectivity index (χ2v) is 9.06. The van der Waals surface area contributed by atoms with E-state index in [1.54, 1.807) is 30.3 Å². The number of piperazine rings is 1. The van der Waals surface area contributed by atoms with E-state index >= 15 is 0 Å². The number of aryl methyl sites for hydroxylation is 1. The molecule has 2 amide bonds. The molecular weight excluding hydrogens is 494 g/mol. The topological polar surface area (TPSA) is 80.3 Å². The number of amides is 2. The third-order valence-corrected chi connectivity index (χ3v) is 6.65. The molecule has 1 saturated heterocycles. The fourth-order valence-electron chi connectivity index (χ4n) is 4.36. The zero-order valence-electron chi connectivity index (χ0n) is 21.3. The summed E-state index contributed by atoms with van der Waals surface area (Å²) in [5, 5.41) is 3.49. The second-order valence-electron chi connectivity index (χ2n) is 8.65. The van der Waals surface area contributed by atoms with Crippen LogP contribution in [0.15, 0.2) is 54.6 Å². The van der Waals surface area contributed by atoms with E-state index in [4.69, 9.17) is 25.8 Å². The van der Waals surface area contributed by atoms with Crippen molar-refractivity contribution in [3.05, 3.63) is 76.3 Å². The third kappa shape index (κ3) is 5.59. The van der Waals surface area contributed by atoms with Gasteiger partial charge in [-0.3, -0.25) is 9.59 Å². The highest BCUT2D eigenvalue weighted by Crippen LogP contribution is 2.39. The Morgan fingerprint density at radius 1 is 0.838 bits per heavy atom. The first kappa shape index (κ1) is 26.2. The second kappa shape index (κ2) is 11.4. The Balaban J connectivity index is 1.52. The van der Waals surface area contributed by atoms with Crippen LogP contribution in [0.25, 0.3) is 0 Å². The van der Waals surface area contributed by atoms with Gasteiger partial charge in [-0.1, -0.05) is 35.4 Å². The summed E-state index contributed by atoms with van der Waals surface area (Å²) in [7, 11) is 4.50. The molecule has 0 aliphatic carbocycles. The van der Waals surface area contributed by atoms with Gasteiger partial charge in [0, 0.05) is 37.3 Å². The Bertz CT molecular complexity index is 1260. The summed E-state index contributed by atoms with van der Waals surface area (Å²) in [6, 6.07) is 16.2. The Morgan fingerprint density at radius 3 is 2.03 bits per heavy atom. The standard InChI is InChI=1S/C28H30ClN3O5/c1-18-8-10-19(11-9-18)28(34)32-14-12-31(13-15-32)25-21(29)6-5-7-22(25)30-27(33)20-16-23(35-2)26(37-4)24(17-20)36-3/h5-11,16-17H,12-15H2,1-4H3,(H,30,33). The molecule has 1 aliphatic heterocycles. The van der Waals surface area contributed by atoms with Gasteiger partial charge in [0.05, 0.1) is 37.7 Å². The van der Waals surface area contributed by atoms with Gasteiger partial charge in [0.25, 0.3) is 11.8 Å².